The summed E-state index contributed by atoms with van der Waals surface area (Å²) in [6.07, 6.45) is 4.43. The number of aliphatic carboxylic acids is 1. The predicted molar refractivity (Wildman–Crippen MR) is 143 cm³/mol. The van der Waals surface area contributed by atoms with Gasteiger partial charge in [0.25, 0.3) is 0 Å². The lowest BCUT2D eigenvalue weighted by Gasteiger charge is -2.31. The maximum Gasteiger partial charge on any atom is 0.307 e. The molecule has 0 saturated heterocycles. The number of carbonyl (C=O) groups excluding carboxylic acids is 2. The quantitative estimate of drug-likeness (QED) is 0.299. The van der Waals surface area contributed by atoms with Crippen LogP contribution >= 0.6 is 23.5 Å². The van der Waals surface area contributed by atoms with Crippen LogP contribution in [0.4, 0.5) is 17.1 Å². The van der Waals surface area contributed by atoms with Crippen LogP contribution in [0.2, 0.25) is 0 Å². The number of hydrogen-bond donors (Lipinski definition) is 2. The number of fused-ring (bicyclic) bond motifs is 2. The van der Waals surface area contributed by atoms with E-state index in [0.717, 1.165) is 26.1 Å². The Balaban J connectivity index is 1.28. The zero-order chi connectivity index (χ0) is 25.1. The van der Waals surface area contributed by atoms with E-state index in [1.54, 1.807) is 22.7 Å². The van der Waals surface area contributed by atoms with E-state index in [1.807, 2.05) is 78.9 Å². The Hall–Kier alpha value is -3.49. The number of carbonyl (C=O) groups is 3. The number of rotatable bonds is 6. The van der Waals surface area contributed by atoms with Crippen LogP contribution in [-0.2, 0) is 14.4 Å². The van der Waals surface area contributed by atoms with Gasteiger partial charge in [-0.2, -0.15) is 0 Å². The number of carboxylic acid groups (broad SMARTS) is 1. The molecule has 3 aromatic carbocycles. The van der Waals surface area contributed by atoms with Crippen molar-refractivity contribution >= 4 is 58.4 Å². The lowest BCUT2D eigenvalue weighted by molar-refractivity contribution is -0.146. The van der Waals surface area contributed by atoms with Gasteiger partial charge in [0, 0.05) is 20.4 Å². The largest absolute Gasteiger partial charge is 0.481 e. The molecule has 2 aliphatic rings. The number of para-hydroxylation sites is 2. The summed E-state index contributed by atoms with van der Waals surface area (Å²) >= 11 is 3.06. The Labute approximate surface area is 217 Å². The van der Waals surface area contributed by atoms with Crippen molar-refractivity contribution < 1.29 is 19.5 Å². The van der Waals surface area contributed by atoms with E-state index in [-0.39, 0.29) is 17.6 Å². The van der Waals surface area contributed by atoms with Crippen molar-refractivity contribution in [2.45, 2.75) is 27.5 Å². The molecule has 0 aromatic heterocycles. The van der Waals surface area contributed by atoms with Gasteiger partial charge >= 0.3 is 5.97 Å². The summed E-state index contributed by atoms with van der Waals surface area (Å²) < 4.78 is 0. The normalized spacial score (nSPS) is 18.2. The number of nitrogens with one attached hydrogen (secondary N) is 1. The molecule has 36 heavy (non-hydrogen) atoms. The molecule has 1 heterocycles. The van der Waals surface area contributed by atoms with Gasteiger partial charge in [-0.15, -0.1) is 11.8 Å². The molecule has 0 spiro atoms. The molecule has 2 atom stereocenters. The lowest BCUT2D eigenvalue weighted by atomic mass is 9.82. The summed E-state index contributed by atoms with van der Waals surface area (Å²) in [5.74, 6) is -2.40. The Morgan fingerprint density at radius 1 is 0.889 bits per heavy atom. The van der Waals surface area contributed by atoms with E-state index in [1.165, 1.54) is 11.8 Å². The van der Waals surface area contributed by atoms with Crippen molar-refractivity contribution in [3.63, 3.8) is 0 Å². The molecule has 3 aromatic rings. The van der Waals surface area contributed by atoms with Crippen molar-refractivity contribution in [3.05, 3.63) is 84.9 Å². The topological polar surface area (TPSA) is 86.7 Å². The van der Waals surface area contributed by atoms with Crippen LogP contribution in [0, 0.1) is 11.8 Å². The molecule has 182 valence electrons. The van der Waals surface area contributed by atoms with Gasteiger partial charge in [0.05, 0.1) is 29.0 Å². The van der Waals surface area contributed by atoms with E-state index in [4.69, 9.17) is 0 Å². The number of amides is 2. The molecule has 5 rings (SSSR count). The summed E-state index contributed by atoms with van der Waals surface area (Å²) in [5, 5.41) is 12.3. The van der Waals surface area contributed by atoms with E-state index >= 15 is 0 Å². The average molecular weight is 517 g/mol. The van der Waals surface area contributed by atoms with Crippen molar-refractivity contribution in [1.82, 2.24) is 0 Å². The number of thioether (sulfide) groups is 1. The summed E-state index contributed by atoms with van der Waals surface area (Å²) in [7, 11) is 0. The molecule has 0 saturated carbocycles. The van der Waals surface area contributed by atoms with Crippen LogP contribution in [0.15, 0.2) is 99.6 Å². The second-order valence-corrected chi connectivity index (χ2v) is 10.7. The first-order valence-corrected chi connectivity index (χ1v) is 13.4. The maximum atomic E-state index is 13.4. The Bertz CT molecular complexity index is 1310. The van der Waals surface area contributed by atoms with Gasteiger partial charge in [-0.1, -0.05) is 54.2 Å². The fraction of sp³-hybridized carbons (Fsp3) is 0.179. The minimum Gasteiger partial charge on any atom is -0.481 e. The number of nitrogens with zero attached hydrogens (tertiary/aromatic N) is 1. The van der Waals surface area contributed by atoms with Gasteiger partial charge in [-0.05, 0) is 55.3 Å². The minimum atomic E-state index is -0.957. The number of hydrogen-bond acceptors (Lipinski definition) is 5. The molecule has 0 bridgehead atoms. The maximum absolute atomic E-state index is 13.4. The Kier molecular flexibility index (Phi) is 7.16. The van der Waals surface area contributed by atoms with E-state index in [0.29, 0.717) is 18.5 Å². The standard InChI is InChI=1S/C28H24N2O4S2/c31-26(30-22-12-3-5-14-24(22)36-25-15-6-4-13-23(25)30)17-35-19-9-7-8-18(16-19)29-27(32)20-10-1-2-11-21(20)28(33)34/h1-9,12-16,20-21H,10-11,17H2,(H,29,32)(H,33,34). The highest BCUT2D eigenvalue weighted by Gasteiger charge is 2.34. The van der Waals surface area contributed by atoms with Gasteiger partial charge in [0.15, 0.2) is 0 Å². The smallest absolute Gasteiger partial charge is 0.307 e. The first-order valence-electron chi connectivity index (χ1n) is 11.6. The highest BCUT2D eigenvalue weighted by molar-refractivity contribution is 8.00. The lowest BCUT2D eigenvalue weighted by Crippen LogP contribution is -2.34. The van der Waals surface area contributed by atoms with Gasteiger partial charge < -0.3 is 10.4 Å². The Morgan fingerprint density at radius 2 is 1.53 bits per heavy atom. The number of allylic oxidation sites excluding steroid dienone is 2. The monoisotopic (exact) mass is 516 g/mol. The average Bonchev–Trinajstić information content (AvgIpc) is 2.90. The van der Waals surface area contributed by atoms with Crippen molar-refractivity contribution in [2.24, 2.45) is 11.8 Å². The number of anilines is 3. The van der Waals surface area contributed by atoms with Crippen LogP contribution in [0.3, 0.4) is 0 Å². The van der Waals surface area contributed by atoms with Crippen molar-refractivity contribution in [1.29, 1.82) is 0 Å². The highest BCUT2D eigenvalue weighted by atomic mass is 32.2. The van der Waals surface area contributed by atoms with Gasteiger partial charge in [0.1, 0.15) is 0 Å². The molecule has 2 unspecified atom stereocenters. The summed E-state index contributed by atoms with van der Waals surface area (Å²) in [6, 6.07) is 23.1. The fourth-order valence-electron chi connectivity index (χ4n) is 4.46. The summed E-state index contributed by atoms with van der Waals surface area (Å²) in [5.41, 5.74) is 2.34. The summed E-state index contributed by atoms with van der Waals surface area (Å²) in [6.45, 7) is 0. The molecule has 1 aliphatic carbocycles. The van der Waals surface area contributed by atoms with Crippen LogP contribution in [0.1, 0.15) is 12.8 Å². The SMILES string of the molecule is O=C(O)C1CC=CCC1C(=O)Nc1cccc(SCC(=O)N2c3ccccc3Sc3ccccc32)c1. The molecule has 2 amide bonds. The van der Waals surface area contributed by atoms with Gasteiger partial charge in [-0.25, -0.2) is 0 Å². The van der Waals surface area contributed by atoms with Crippen LogP contribution < -0.4 is 10.2 Å². The van der Waals surface area contributed by atoms with E-state index in [2.05, 4.69) is 5.32 Å². The minimum absolute atomic E-state index is 0.0343. The van der Waals surface area contributed by atoms with Crippen LogP contribution in [0.5, 0.6) is 0 Å². The molecule has 1 aliphatic heterocycles. The van der Waals surface area contributed by atoms with E-state index < -0.39 is 17.8 Å². The van der Waals surface area contributed by atoms with Gasteiger partial charge in [-0.3, -0.25) is 19.3 Å². The van der Waals surface area contributed by atoms with Gasteiger partial charge in [0.2, 0.25) is 11.8 Å². The highest BCUT2D eigenvalue weighted by Crippen LogP contribution is 2.48. The first-order chi connectivity index (χ1) is 17.5. The Morgan fingerprint density at radius 3 is 2.19 bits per heavy atom. The number of carboxylic acids is 1. The molecule has 0 radical (unpaired) electrons. The van der Waals surface area contributed by atoms with Crippen molar-refractivity contribution in [2.75, 3.05) is 16.0 Å². The fourth-order valence-corrected chi connectivity index (χ4v) is 6.32. The van der Waals surface area contributed by atoms with Crippen molar-refractivity contribution in [3.8, 4) is 0 Å². The zero-order valence-corrected chi connectivity index (χ0v) is 20.9. The molecule has 2 N–H and O–H groups in total. The molecular weight excluding hydrogens is 492 g/mol. The molecule has 0 fully saturated rings. The third-order valence-corrected chi connectivity index (χ3v) is 8.34. The van der Waals surface area contributed by atoms with Crippen LogP contribution in [-0.4, -0.2) is 28.6 Å². The molecule has 6 nitrogen and oxygen atoms in total. The second kappa shape index (κ2) is 10.6. The molecular formula is C28H24N2O4S2. The second-order valence-electron chi connectivity index (χ2n) is 8.57. The molecule has 8 heteroatoms. The third-order valence-electron chi connectivity index (χ3n) is 6.23. The summed E-state index contributed by atoms with van der Waals surface area (Å²) in [4.78, 5) is 42.5. The first kappa shape index (κ1) is 24.2. The predicted octanol–water partition coefficient (Wildman–Crippen LogP) is 6.21. The van der Waals surface area contributed by atoms with E-state index in [9.17, 15) is 19.5 Å². The number of benzene rings is 3. The third kappa shape index (κ3) is 5.05. The zero-order valence-electron chi connectivity index (χ0n) is 19.3. The van der Waals surface area contributed by atoms with Crippen LogP contribution in [0.25, 0.3) is 0 Å².